The largest absolute Gasteiger partial charge is 0.462 e. The van der Waals surface area contributed by atoms with E-state index in [2.05, 4.69) is 0 Å². The van der Waals surface area contributed by atoms with Crippen molar-refractivity contribution >= 4 is 16.0 Å². The number of aryl methyl sites for hydroxylation is 1. The summed E-state index contributed by atoms with van der Waals surface area (Å²) in [5.41, 5.74) is 0.0269. The predicted molar refractivity (Wildman–Crippen MR) is 74.8 cm³/mol. The van der Waals surface area contributed by atoms with Crippen molar-refractivity contribution in [2.45, 2.75) is 37.5 Å². The highest BCUT2D eigenvalue weighted by Crippen LogP contribution is 2.29. The summed E-state index contributed by atoms with van der Waals surface area (Å²) in [7, 11) is -4.22. The van der Waals surface area contributed by atoms with Crippen LogP contribution >= 0.6 is 0 Å². The molecule has 0 saturated heterocycles. The van der Waals surface area contributed by atoms with E-state index in [4.69, 9.17) is 9.88 Å². The molecule has 0 spiro atoms. The number of carbonyl (C=O) groups excluding carboxylic acids is 1. The molecule has 5 nitrogen and oxygen atoms in total. The molecule has 116 valence electrons. The summed E-state index contributed by atoms with van der Waals surface area (Å²) in [5, 5.41) is 4.94. The first-order valence-corrected chi connectivity index (χ1v) is 8.33. The minimum absolute atomic E-state index is 0.00784. The summed E-state index contributed by atoms with van der Waals surface area (Å²) in [6.45, 7) is 1.65. The second kappa shape index (κ2) is 6.11. The molecule has 1 fully saturated rings. The highest BCUT2D eigenvalue weighted by molar-refractivity contribution is 7.89. The third-order valence-electron chi connectivity index (χ3n) is 3.75. The van der Waals surface area contributed by atoms with Crippen molar-refractivity contribution in [1.29, 1.82) is 0 Å². The lowest BCUT2D eigenvalue weighted by Crippen LogP contribution is -2.18. The molecule has 0 heterocycles. The quantitative estimate of drug-likeness (QED) is 0.843. The van der Waals surface area contributed by atoms with Crippen LogP contribution in [-0.4, -0.2) is 21.0 Å². The van der Waals surface area contributed by atoms with E-state index in [-0.39, 0.29) is 17.7 Å². The molecule has 0 aromatic heterocycles. The number of ether oxygens (including phenoxy) is 1. The van der Waals surface area contributed by atoms with Crippen molar-refractivity contribution in [3.8, 4) is 0 Å². The Morgan fingerprint density at radius 3 is 2.62 bits per heavy atom. The Morgan fingerprint density at radius 1 is 1.43 bits per heavy atom. The monoisotopic (exact) mass is 315 g/mol. The number of hydrogen-bond donors (Lipinski definition) is 1. The lowest BCUT2D eigenvalue weighted by Gasteiger charge is -2.24. The highest BCUT2D eigenvalue weighted by atomic mass is 32.2. The fourth-order valence-corrected chi connectivity index (χ4v) is 2.95. The minimum atomic E-state index is -4.22. The van der Waals surface area contributed by atoms with Gasteiger partial charge in [-0.3, -0.25) is 0 Å². The first kappa shape index (κ1) is 15.9. The maximum absolute atomic E-state index is 13.7. The maximum Gasteiger partial charge on any atom is 0.338 e. The summed E-state index contributed by atoms with van der Waals surface area (Å²) < 4.78 is 41.5. The zero-order valence-corrected chi connectivity index (χ0v) is 12.6. The van der Waals surface area contributed by atoms with Gasteiger partial charge in [-0.25, -0.2) is 22.7 Å². The summed E-state index contributed by atoms with van der Waals surface area (Å²) in [5.74, 6) is -1.00. The van der Waals surface area contributed by atoms with E-state index in [0.717, 1.165) is 25.3 Å². The normalized spacial score (nSPS) is 15.6. The Bertz CT molecular complexity index is 653. The van der Waals surface area contributed by atoms with Crippen LogP contribution in [0, 0.1) is 18.7 Å². The minimum Gasteiger partial charge on any atom is -0.462 e. The predicted octanol–water partition coefficient (Wildman–Crippen LogP) is 2.13. The molecule has 0 radical (unpaired) electrons. The van der Waals surface area contributed by atoms with E-state index in [9.17, 15) is 17.6 Å². The van der Waals surface area contributed by atoms with Crippen molar-refractivity contribution in [3.63, 3.8) is 0 Å². The van der Waals surface area contributed by atoms with Crippen molar-refractivity contribution in [2.75, 3.05) is 6.61 Å². The summed E-state index contributed by atoms with van der Waals surface area (Å²) in [6, 6.07) is 2.18. The molecule has 21 heavy (non-hydrogen) atoms. The molecule has 0 aliphatic heterocycles. The van der Waals surface area contributed by atoms with Gasteiger partial charge < -0.3 is 4.74 Å². The summed E-state index contributed by atoms with van der Waals surface area (Å²) in [6.07, 6.45) is 4.33. The number of esters is 1. The Morgan fingerprint density at radius 2 is 2.10 bits per heavy atom. The summed E-state index contributed by atoms with van der Waals surface area (Å²) >= 11 is 0. The Hall–Kier alpha value is -1.47. The van der Waals surface area contributed by atoms with E-state index >= 15 is 0 Å². The van der Waals surface area contributed by atoms with Gasteiger partial charge in [0.1, 0.15) is 10.7 Å². The van der Waals surface area contributed by atoms with Gasteiger partial charge in [0, 0.05) is 0 Å². The molecule has 1 aliphatic rings. The van der Waals surface area contributed by atoms with Crippen molar-refractivity contribution in [1.82, 2.24) is 0 Å². The number of primary sulfonamides is 1. The van der Waals surface area contributed by atoms with E-state index in [0.29, 0.717) is 5.92 Å². The van der Waals surface area contributed by atoms with Crippen molar-refractivity contribution < 1.29 is 22.3 Å². The molecule has 0 amide bonds. The van der Waals surface area contributed by atoms with Crippen LogP contribution in [-0.2, 0) is 14.8 Å². The second-order valence-electron chi connectivity index (χ2n) is 5.37. The van der Waals surface area contributed by atoms with Crippen LogP contribution in [0.25, 0.3) is 0 Å². The fraction of sp³-hybridized carbons (Fsp3) is 0.500. The van der Waals surface area contributed by atoms with Crippen LogP contribution in [0.15, 0.2) is 17.0 Å². The third kappa shape index (κ3) is 3.79. The molecule has 1 saturated carbocycles. The van der Waals surface area contributed by atoms with Gasteiger partial charge in [-0.2, -0.15) is 0 Å². The number of hydrogen-bond acceptors (Lipinski definition) is 4. The van der Waals surface area contributed by atoms with Gasteiger partial charge in [0.05, 0.1) is 12.2 Å². The smallest absolute Gasteiger partial charge is 0.338 e. The van der Waals surface area contributed by atoms with Gasteiger partial charge in [0.25, 0.3) is 0 Å². The van der Waals surface area contributed by atoms with Gasteiger partial charge in [0.2, 0.25) is 10.0 Å². The van der Waals surface area contributed by atoms with Gasteiger partial charge >= 0.3 is 5.97 Å². The van der Waals surface area contributed by atoms with Gasteiger partial charge in [-0.05, 0) is 37.0 Å². The standard InChI is InChI=1S/C14H18FNO4S/c1-9-7-11(8-12(13(9)15)21(16,18)19)14(17)20-6-5-10-3-2-4-10/h7-8,10H,2-6H2,1H3,(H2,16,18,19). The first-order valence-electron chi connectivity index (χ1n) is 6.79. The molecular formula is C14H18FNO4S. The van der Waals surface area contributed by atoms with Crippen LogP contribution in [0.5, 0.6) is 0 Å². The molecule has 2 rings (SSSR count). The number of benzene rings is 1. The highest BCUT2D eigenvalue weighted by Gasteiger charge is 2.21. The fourth-order valence-electron chi connectivity index (χ4n) is 2.25. The van der Waals surface area contributed by atoms with Gasteiger partial charge in [-0.15, -0.1) is 0 Å². The average Bonchev–Trinajstić information content (AvgIpc) is 2.33. The number of carbonyl (C=O) groups is 1. The lowest BCUT2D eigenvalue weighted by atomic mass is 9.83. The molecule has 0 unspecified atom stereocenters. The van der Waals surface area contributed by atoms with Crippen LogP contribution in [0.2, 0.25) is 0 Å². The Labute approximate surface area is 123 Å². The zero-order valence-electron chi connectivity index (χ0n) is 11.8. The number of nitrogens with two attached hydrogens (primary N) is 1. The lowest BCUT2D eigenvalue weighted by molar-refractivity contribution is 0.0464. The van der Waals surface area contributed by atoms with Crippen molar-refractivity contribution in [2.24, 2.45) is 11.1 Å². The number of halogens is 1. The number of sulfonamides is 1. The van der Waals surface area contributed by atoms with E-state index in [1.165, 1.54) is 19.4 Å². The zero-order chi connectivity index (χ0) is 15.6. The Kier molecular flexibility index (Phi) is 4.63. The topological polar surface area (TPSA) is 86.5 Å². The number of rotatable bonds is 5. The van der Waals surface area contributed by atoms with E-state index in [1.54, 1.807) is 0 Å². The van der Waals surface area contributed by atoms with Crippen LogP contribution in [0.1, 0.15) is 41.6 Å². The maximum atomic E-state index is 13.7. The molecule has 1 aromatic carbocycles. The van der Waals surface area contributed by atoms with E-state index < -0.39 is 26.7 Å². The van der Waals surface area contributed by atoms with Crippen LogP contribution < -0.4 is 5.14 Å². The SMILES string of the molecule is Cc1cc(C(=O)OCCC2CCC2)cc(S(N)(=O)=O)c1F. The van der Waals surface area contributed by atoms with Crippen molar-refractivity contribution in [3.05, 3.63) is 29.1 Å². The molecule has 1 aromatic rings. The molecular weight excluding hydrogens is 297 g/mol. The first-order chi connectivity index (χ1) is 9.79. The molecule has 2 N–H and O–H groups in total. The third-order valence-corrected chi connectivity index (χ3v) is 4.66. The average molecular weight is 315 g/mol. The molecule has 0 atom stereocenters. The summed E-state index contributed by atoms with van der Waals surface area (Å²) in [4.78, 5) is 11.2. The van der Waals surface area contributed by atoms with Gasteiger partial charge in [-0.1, -0.05) is 19.3 Å². The second-order valence-corrected chi connectivity index (χ2v) is 6.90. The van der Waals surface area contributed by atoms with Crippen LogP contribution in [0.3, 0.4) is 0 Å². The molecule has 1 aliphatic carbocycles. The van der Waals surface area contributed by atoms with E-state index in [1.807, 2.05) is 0 Å². The Balaban J connectivity index is 2.11. The van der Waals surface area contributed by atoms with Gasteiger partial charge in [0.15, 0.2) is 0 Å². The molecule has 7 heteroatoms. The van der Waals surface area contributed by atoms with Crippen LogP contribution in [0.4, 0.5) is 4.39 Å². The molecule has 0 bridgehead atoms.